The van der Waals surface area contributed by atoms with E-state index in [9.17, 15) is 13.2 Å². The van der Waals surface area contributed by atoms with E-state index in [1.807, 2.05) is 6.07 Å². The van der Waals surface area contributed by atoms with E-state index < -0.39 is 10.0 Å². The van der Waals surface area contributed by atoms with E-state index in [1.54, 1.807) is 16.4 Å². The standard InChI is InChI=1S/C25H40N4O4S/c1-20-5-10-28(11-6-20)23-4-3-22(25(30)26-9-14-27-15-17-33-18-16-27)19-24(23)34(31,32)29-12-7-21(2)8-13-29/h3-4,19-21H,5-18H2,1-2H3,(H,26,30). The number of amides is 1. The summed E-state index contributed by atoms with van der Waals surface area (Å²) in [5, 5.41) is 2.97. The zero-order valence-corrected chi connectivity index (χ0v) is 21.5. The summed E-state index contributed by atoms with van der Waals surface area (Å²) in [4.78, 5) is 17.7. The highest BCUT2D eigenvalue weighted by Gasteiger charge is 2.32. The van der Waals surface area contributed by atoms with Gasteiger partial charge in [-0.15, -0.1) is 0 Å². The summed E-state index contributed by atoms with van der Waals surface area (Å²) in [7, 11) is -3.68. The first-order valence-corrected chi connectivity index (χ1v) is 14.3. The van der Waals surface area contributed by atoms with Crippen LogP contribution in [0.5, 0.6) is 0 Å². The number of morpholine rings is 1. The van der Waals surface area contributed by atoms with Crippen LogP contribution in [0.25, 0.3) is 0 Å². The van der Waals surface area contributed by atoms with Crippen LogP contribution in [0, 0.1) is 11.8 Å². The van der Waals surface area contributed by atoms with Crippen LogP contribution in [-0.2, 0) is 14.8 Å². The molecule has 3 aliphatic heterocycles. The van der Waals surface area contributed by atoms with Crippen LogP contribution in [0.1, 0.15) is 49.9 Å². The number of benzene rings is 1. The molecule has 0 saturated carbocycles. The minimum Gasteiger partial charge on any atom is -0.379 e. The van der Waals surface area contributed by atoms with Crippen LogP contribution in [0.15, 0.2) is 23.1 Å². The molecule has 1 aromatic rings. The van der Waals surface area contributed by atoms with Gasteiger partial charge in [-0.05, 0) is 55.7 Å². The number of ether oxygens (including phenoxy) is 1. The van der Waals surface area contributed by atoms with E-state index in [2.05, 4.69) is 29.0 Å². The summed E-state index contributed by atoms with van der Waals surface area (Å²) in [5.41, 5.74) is 1.13. The number of sulfonamides is 1. The molecule has 0 atom stereocenters. The normalized spacial score (nSPS) is 22.1. The lowest BCUT2D eigenvalue weighted by molar-refractivity contribution is 0.0383. The summed E-state index contributed by atoms with van der Waals surface area (Å²) in [6.07, 6.45) is 3.84. The van der Waals surface area contributed by atoms with Crippen molar-refractivity contribution in [1.82, 2.24) is 14.5 Å². The second kappa shape index (κ2) is 11.4. The molecule has 34 heavy (non-hydrogen) atoms. The molecule has 0 bridgehead atoms. The fourth-order valence-electron chi connectivity index (χ4n) is 4.99. The van der Waals surface area contributed by atoms with Gasteiger partial charge in [-0.3, -0.25) is 9.69 Å². The highest BCUT2D eigenvalue weighted by molar-refractivity contribution is 7.89. The van der Waals surface area contributed by atoms with Gasteiger partial charge in [-0.2, -0.15) is 4.31 Å². The topological polar surface area (TPSA) is 82.2 Å². The quantitative estimate of drug-likeness (QED) is 0.630. The van der Waals surface area contributed by atoms with Crippen LogP contribution < -0.4 is 10.2 Å². The SMILES string of the molecule is CC1CCN(c2ccc(C(=O)NCCN3CCOCC3)cc2S(=O)(=O)N2CCC(C)CC2)CC1. The fourth-order valence-corrected chi connectivity index (χ4v) is 6.70. The Morgan fingerprint density at radius 1 is 0.971 bits per heavy atom. The Labute approximate surface area is 204 Å². The van der Waals surface area contributed by atoms with E-state index in [1.165, 1.54) is 0 Å². The average molecular weight is 493 g/mol. The smallest absolute Gasteiger partial charge is 0.251 e. The van der Waals surface area contributed by atoms with Gasteiger partial charge in [-0.1, -0.05) is 13.8 Å². The van der Waals surface area contributed by atoms with Gasteiger partial charge in [0.25, 0.3) is 5.91 Å². The maximum Gasteiger partial charge on any atom is 0.251 e. The van der Waals surface area contributed by atoms with Crippen molar-refractivity contribution in [2.24, 2.45) is 11.8 Å². The van der Waals surface area contributed by atoms with E-state index in [-0.39, 0.29) is 10.8 Å². The molecule has 3 heterocycles. The molecule has 0 unspecified atom stereocenters. The number of rotatable bonds is 7. The molecule has 190 valence electrons. The summed E-state index contributed by atoms with van der Waals surface area (Å²) in [6.45, 7) is 11.6. The lowest BCUT2D eigenvalue weighted by Crippen LogP contribution is -2.41. The van der Waals surface area contributed by atoms with Crippen molar-refractivity contribution in [2.45, 2.75) is 44.4 Å². The zero-order valence-electron chi connectivity index (χ0n) is 20.7. The van der Waals surface area contributed by atoms with Crippen molar-refractivity contribution in [3.8, 4) is 0 Å². The fraction of sp³-hybridized carbons (Fsp3) is 0.720. The number of hydrogen-bond donors (Lipinski definition) is 1. The monoisotopic (exact) mass is 492 g/mol. The van der Waals surface area contributed by atoms with Gasteiger partial charge >= 0.3 is 0 Å². The van der Waals surface area contributed by atoms with Crippen LogP contribution >= 0.6 is 0 Å². The van der Waals surface area contributed by atoms with E-state index in [0.29, 0.717) is 37.0 Å². The number of hydrogen-bond acceptors (Lipinski definition) is 6. The molecule has 3 aliphatic rings. The summed E-state index contributed by atoms with van der Waals surface area (Å²) in [5.74, 6) is 0.963. The van der Waals surface area contributed by atoms with Gasteiger partial charge in [0.2, 0.25) is 10.0 Å². The highest BCUT2D eigenvalue weighted by atomic mass is 32.2. The molecular weight excluding hydrogens is 452 g/mol. The molecule has 0 aromatic heterocycles. The van der Waals surface area contributed by atoms with Crippen LogP contribution in [0.3, 0.4) is 0 Å². The Bertz CT molecular complexity index is 932. The Balaban J connectivity index is 1.53. The largest absolute Gasteiger partial charge is 0.379 e. The minimum atomic E-state index is -3.68. The van der Waals surface area contributed by atoms with E-state index >= 15 is 0 Å². The summed E-state index contributed by atoms with van der Waals surface area (Å²) < 4.78 is 34.5. The van der Waals surface area contributed by atoms with Gasteiger partial charge < -0.3 is 15.0 Å². The van der Waals surface area contributed by atoms with Crippen LogP contribution in [0.2, 0.25) is 0 Å². The van der Waals surface area contributed by atoms with Gasteiger partial charge in [0.05, 0.1) is 18.9 Å². The highest BCUT2D eigenvalue weighted by Crippen LogP contribution is 2.33. The van der Waals surface area contributed by atoms with Gasteiger partial charge in [0.1, 0.15) is 4.90 Å². The third-order valence-corrected chi connectivity index (χ3v) is 9.45. The molecule has 1 amide bonds. The Morgan fingerprint density at radius 2 is 1.59 bits per heavy atom. The lowest BCUT2D eigenvalue weighted by Gasteiger charge is -2.35. The number of anilines is 1. The van der Waals surface area contributed by atoms with Crippen molar-refractivity contribution < 1.29 is 17.9 Å². The third-order valence-electron chi connectivity index (χ3n) is 7.52. The van der Waals surface area contributed by atoms with Crippen molar-refractivity contribution in [3.63, 3.8) is 0 Å². The van der Waals surface area contributed by atoms with E-state index in [0.717, 1.165) is 77.3 Å². The summed E-state index contributed by atoms with van der Waals surface area (Å²) in [6, 6.07) is 5.21. The predicted octanol–water partition coefficient (Wildman–Crippen LogP) is 2.41. The number of nitrogens with one attached hydrogen (secondary N) is 1. The molecule has 4 rings (SSSR count). The van der Waals surface area contributed by atoms with Crippen molar-refractivity contribution in [2.75, 3.05) is 70.5 Å². The zero-order chi connectivity index (χ0) is 24.1. The number of piperidine rings is 2. The molecule has 3 fully saturated rings. The van der Waals surface area contributed by atoms with Crippen molar-refractivity contribution in [3.05, 3.63) is 23.8 Å². The first kappa shape index (κ1) is 25.4. The van der Waals surface area contributed by atoms with Gasteiger partial charge in [-0.25, -0.2) is 8.42 Å². The predicted molar refractivity (Wildman–Crippen MR) is 134 cm³/mol. The van der Waals surface area contributed by atoms with Crippen LogP contribution in [-0.4, -0.2) is 89.1 Å². The molecule has 9 heteroatoms. The molecule has 3 saturated heterocycles. The Morgan fingerprint density at radius 3 is 2.24 bits per heavy atom. The number of carbonyl (C=O) groups excluding carboxylic acids is 1. The molecule has 0 radical (unpaired) electrons. The van der Waals surface area contributed by atoms with Crippen molar-refractivity contribution >= 4 is 21.6 Å². The molecule has 8 nitrogen and oxygen atoms in total. The Hall–Kier alpha value is -1.68. The molecule has 1 N–H and O–H groups in total. The van der Waals surface area contributed by atoms with E-state index in [4.69, 9.17) is 4.74 Å². The Kier molecular flexibility index (Phi) is 8.50. The minimum absolute atomic E-state index is 0.226. The molecule has 0 aliphatic carbocycles. The average Bonchev–Trinajstić information content (AvgIpc) is 2.85. The summed E-state index contributed by atoms with van der Waals surface area (Å²) >= 11 is 0. The maximum absolute atomic E-state index is 13.8. The first-order chi connectivity index (χ1) is 16.3. The number of carbonyl (C=O) groups is 1. The van der Waals surface area contributed by atoms with Crippen molar-refractivity contribution in [1.29, 1.82) is 0 Å². The molecule has 1 aromatic carbocycles. The second-order valence-corrected chi connectivity index (χ2v) is 12.1. The third kappa shape index (κ3) is 6.11. The van der Waals surface area contributed by atoms with Gasteiger partial charge in [0, 0.05) is 57.9 Å². The molecular formula is C25H40N4O4S. The second-order valence-electron chi connectivity index (χ2n) is 10.1. The number of nitrogens with zero attached hydrogens (tertiary/aromatic N) is 3. The lowest BCUT2D eigenvalue weighted by atomic mass is 9.98. The van der Waals surface area contributed by atoms with Crippen LogP contribution in [0.4, 0.5) is 5.69 Å². The van der Waals surface area contributed by atoms with Gasteiger partial charge in [0.15, 0.2) is 0 Å². The molecule has 0 spiro atoms. The maximum atomic E-state index is 13.8. The first-order valence-electron chi connectivity index (χ1n) is 12.8.